The highest BCUT2D eigenvalue weighted by Crippen LogP contribution is 2.36. The summed E-state index contributed by atoms with van der Waals surface area (Å²) in [5.41, 5.74) is 3.20. The minimum absolute atomic E-state index is 0.0474. The number of hydrogen-bond donors (Lipinski definition) is 0. The lowest BCUT2D eigenvalue weighted by Gasteiger charge is -2.26. The van der Waals surface area contributed by atoms with Crippen LogP contribution in [0, 0.1) is 6.92 Å². The van der Waals surface area contributed by atoms with Gasteiger partial charge in [0.05, 0.1) is 6.61 Å². The summed E-state index contributed by atoms with van der Waals surface area (Å²) >= 11 is 0. The Morgan fingerprint density at radius 3 is 2.42 bits per heavy atom. The van der Waals surface area contributed by atoms with Crippen molar-refractivity contribution < 1.29 is 14.3 Å². The maximum Gasteiger partial charge on any atom is 0.193 e. The Bertz CT molecular complexity index is 752. The predicted octanol–water partition coefficient (Wildman–Crippen LogP) is 4.30. The zero-order chi connectivity index (χ0) is 17.3. The first-order chi connectivity index (χ1) is 11.4. The molecule has 1 aliphatic rings. The number of aryl methyl sites for hydroxylation is 1. The summed E-state index contributed by atoms with van der Waals surface area (Å²) in [7, 11) is 0. The highest BCUT2D eigenvalue weighted by atomic mass is 16.6. The van der Waals surface area contributed by atoms with E-state index in [0.717, 1.165) is 29.0 Å². The van der Waals surface area contributed by atoms with Gasteiger partial charge >= 0.3 is 0 Å². The average molecular weight is 324 g/mol. The van der Waals surface area contributed by atoms with Crippen LogP contribution in [0.25, 0.3) is 0 Å². The van der Waals surface area contributed by atoms with Crippen molar-refractivity contribution >= 4 is 5.78 Å². The van der Waals surface area contributed by atoms with Gasteiger partial charge in [0.2, 0.25) is 0 Å². The molecule has 0 aliphatic carbocycles. The van der Waals surface area contributed by atoms with Crippen molar-refractivity contribution in [2.45, 2.75) is 39.2 Å². The van der Waals surface area contributed by atoms with E-state index >= 15 is 0 Å². The standard InChI is InChI=1S/C21H24O3/c1-14-8-5-6-9-16(14)20(22)17-10-7-11-18(19(17)21(2,3)4)24-13-15-12-23-15/h5-11,15H,12-13H2,1-4H3. The van der Waals surface area contributed by atoms with Crippen molar-refractivity contribution in [3.05, 3.63) is 64.7 Å². The van der Waals surface area contributed by atoms with Crippen molar-refractivity contribution in [1.82, 2.24) is 0 Å². The molecule has 0 saturated carbocycles. The van der Waals surface area contributed by atoms with Crippen LogP contribution in [-0.4, -0.2) is 25.1 Å². The smallest absolute Gasteiger partial charge is 0.193 e. The van der Waals surface area contributed by atoms with Crippen LogP contribution in [0.5, 0.6) is 5.75 Å². The average Bonchev–Trinajstić information content (AvgIpc) is 3.36. The molecule has 126 valence electrons. The number of ether oxygens (including phenoxy) is 2. The van der Waals surface area contributed by atoms with Gasteiger partial charge in [-0.3, -0.25) is 4.79 Å². The number of hydrogen-bond acceptors (Lipinski definition) is 3. The van der Waals surface area contributed by atoms with Crippen LogP contribution in [0.1, 0.15) is 47.8 Å². The molecule has 3 heteroatoms. The molecule has 1 heterocycles. The van der Waals surface area contributed by atoms with Crippen LogP contribution in [0.2, 0.25) is 0 Å². The Kier molecular flexibility index (Phi) is 4.46. The molecular formula is C21H24O3. The molecule has 1 unspecified atom stereocenters. The van der Waals surface area contributed by atoms with Crippen LogP contribution in [0.4, 0.5) is 0 Å². The minimum Gasteiger partial charge on any atom is -0.490 e. The first kappa shape index (κ1) is 16.7. The van der Waals surface area contributed by atoms with E-state index in [0.29, 0.717) is 12.2 Å². The molecule has 2 aromatic carbocycles. The van der Waals surface area contributed by atoms with Gasteiger partial charge in [0.1, 0.15) is 18.5 Å². The van der Waals surface area contributed by atoms with Gasteiger partial charge in [-0.25, -0.2) is 0 Å². The molecule has 0 bridgehead atoms. The molecule has 0 amide bonds. The van der Waals surface area contributed by atoms with E-state index in [9.17, 15) is 4.79 Å². The number of epoxide rings is 1. The summed E-state index contributed by atoms with van der Waals surface area (Å²) in [5.74, 6) is 0.823. The van der Waals surface area contributed by atoms with E-state index in [1.54, 1.807) is 0 Å². The fourth-order valence-electron chi connectivity index (χ4n) is 2.93. The topological polar surface area (TPSA) is 38.8 Å². The van der Waals surface area contributed by atoms with Gasteiger partial charge < -0.3 is 9.47 Å². The van der Waals surface area contributed by atoms with Crippen LogP contribution in [0.3, 0.4) is 0 Å². The second-order valence-corrected chi connectivity index (χ2v) is 7.34. The molecule has 24 heavy (non-hydrogen) atoms. The van der Waals surface area contributed by atoms with E-state index in [-0.39, 0.29) is 17.3 Å². The summed E-state index contributed by atoms with van der Waals surface area (Å²) in [6.07, 6.45) is 0.188. The lowest BCUT2D eigenvalue weighted by atomic mass is 9.80. The molecule has 1 fully saturated rings. The quantitative estimate of drug-likeness (QED) is 0.608. The number of carbonyl (C=O) groups excluding carboxylic acids is 1. The van der Waals surface area contributed by atoms with E-state index in [1.165, 1.54) is 0 Å². The monoisotopic (exact) mass is 324 g/mol. The Morgan fingerprint density at radius 2 is 1.79 bits per heavy atom. The normalized spacial score (nSPS) is 16.8. The Morgan fingerprint density at radius 1 is 1.12 bits per heavy atom. The zero-order valence-corrected chi connectivity index (χ0v) is 14.8. The third-order valence-corrected chi connectivity index (χ3v) is 4.24. The first-order valence-corrected chi connectivity index (χ1v) is 8.36. The van der Waals surface area contributed by atoms with E-state index in [4.69, 9.17) is 9.47 Å². The summed E-state index contributed by atoms with van der Waals surface area (Å²) < 4.78 is 11.2. The highest BCUT2D eigenvalue weighted by molar-refractivity contribution is 6.11. The summed E-state index contributed by atoms with van der Waals surface area (Å²) in [6, 6.07) is 13.4. The third-order valence-electron chi connectivity index (χ3n) is 4.24. The van der Waals surface area contributed by atoms with Gasteiger partial charge in [-0.1, -0.05) is 57.2 Å². The fourth-order valence-corrected chi connectivity index (χ4v) is 2.93. The number of ketones is 1. The fraction of sp³-hybridized carbons (Fsp3) is 0.381. The molecule has 3 nitrogen and oxygen atoms in total. The summed E-state index contributed by atoms with van der Waals surface area (Å²) in [5, 5.41) is 0. The third kappa shape index (κ3) is 3.51. The first-order valence-electron chi connectivity index (χ1n) is 8.36. The molecule has 3 rings (SSSR count). The summed E-state index contributed by atoms with van der Waals surface area (Å²) in [4.78, 5) is 13.2. The van der Waals surface area contributed by atoms with E-state index in [1.807, 2.05) is 49.4 Å². The lowest BCUT2D eigenvalue weighted by Crippen LogP contribution is -2.20. The highest BCUT2D eigenvalue weighted by Gasteiger charge is 2.29. The Hall–Kier alpha value is -2.13. The van der Waals surface area contributed by atoms with Crippen molar-refractivity contribution in [1.29, 1.82) is 0 Å². The molecule has 0 spiro atoms. The molecule has 2 aromatic rings. The van der Waals surface area contributed by atoms with Crippen LogP contribution >= 0.6 is 0 Å². The van der Waals surface area contributed by atoms with Crippen LogP contribution < -0.4 is 4.74 Å². The zero-order valence-electron chi connectivity index (χ0n) is 14.8. The molecule has 0 radical (unpaired) electrons. The second-order valence-electron chi connectivity index (χ2n) is 7.34. The summed E-state index contributed by atoms with van der Waals surface area (Å²) in [6.45, 7) is 9.58. The molecule has 0 aromatic heterocycles. The minimum atomic E-state index is -0.200. The molecule has 1 saturated heterocycles. The van der Waals surface area contributed by atoms with Gasteiger partial charge in [0, 0.05) is 16.7 Å². The SMILES string of the molecule is Cc1ccccc1C(=O)c1cccc(OCC2CO2)c1C(C)(C)C. The maximum absolute atomic E-state index is 13.2. The van der Waals surface area contributed by atoms with Crippen LogP contribution in [0.15, 0.2) is 42.5 Å². The molecular weight excluding hydrogens is 300 g/mol. The Labute approximate surface area is 143 Å². The Balaban J connectivity index is 2.04. The van der Waals surface area contributed by atoms with Crippen molar-refractivity contribution in [2.75, 3.05) is 13.2 Å². The van der Waals surface area contributed by atoms with Gasteiger partial charge in [0.25, 0.3) is 0 Å². The molecule has 1 atom stereocenters. The number of rotatable bonds is 5. The van der Waals surface area contributed by atoms with Gasteiger partial charge in [-0.05, 0) is 24.0 Å². The molecule has 0 N–H and O–H groups in total. The van der Waals surface area contributed by atoms with E-state index in [2.05, 4.69) is 20.8 Å². The molecule has 1 aliphatic heterocycles. The predicted molar refractivity (Wildman–Crippen MR) is 95.0 cm³/mol. The number of carbonyl (C=O) groups is 1. The van der Waals surface area contributed by atoms with Gasteiger partial charge in [-0.2, -0.15) is 0 Å². The number of benzene rings is 2. The second kappa shape index (κ2) is 6.40. The van der Waals surface area contributed by atoms with Crippen LogP contribution in [-0.2, 0) is 10.2 Å². The largest absolute Gasteiger partial charge is 0.490 e. The van der Waals surface area contributed by atoms with Gasteiger partial charge in [0.15, 0.2) is 5.78 Å². The van der Waals surface area contributed by atoms with Crippen molar-refractivity contribution in [2.24, 2.45) is 0 Å². The van der Waals surface area contributed by atoms with E-state index < -0.39 is 0 Å². The van der Waals surface area contributed by atoms with Gasteiger partial charge in [-0.15, -0.1) is 0 Å². The van der Waals surface area contributed by atoms with Crippen molar-refractivity contribution in [3.63, 3.8) is 0 Å². The lowest BCUT2D eigenvalue weighted by molar-refractivity contribution is 0.103. The van der Waals surface area contributed by atoms with Crippen molar-refractivity contribution in [3.8, 4) is 5.75 Å². The maximum atomic E-state index is 13.2.